The summed E-state index contributed by atoms with van der Waals surface area (Å²) in [6, 6.07) is 10.0. The molecule has 0 radical (unpaired) electrons. The van der Waals surface area contributed by atoms with Crippen molar-refractivity contribution in [2.75, 3.05) is 0 Å². The monoisotopic (exact) mass is 192 g/mol. The van der Waals surface area contributed by atoms with Crippen LogP contribution in [0.15, 0.2) is 60.9 Å². The Morgan fingerprint density at radius 1 is 1.07 bits per heavy atom. The van der Waals surface area contributed by atoms with Gasteiger partial charge in [0.2, 0.25) is 0 Å². The molecule has 0 fully saturated rings. The van der Waals surface area contributed by atoms with Gasteiger partial charge >= 0.3 is 18.9 Å². The van der Waals surface area contributed by atoms with Crippen LogP contribution in [0.5, 0.6) is 0 Å². The summed E-state index contributed by atoms with van der Waals surface area (Å²) in [6.07, 6.45) is 8.47. The first-order chi connectivity index (χ1) is 6.93. The first-order valence-electron chi connectivity index (χ1n) is 4.46. The Kier molecular flexibility index (Phi) is 8.67. The van der Waals surface area contributed by atoms with Crippen molar-refractivity contribution < 1.29 is 23.6 Å². The molecule has 2 heteroatoms. The van der Waals surface area contributed by atoms with Crippen LogP contribution in [0, 0.1) is 6.58 Å². The Labute approximate surface area is 103 Å². The van der Waals surface area contributed by atoms with Crippen molar-refractivity contribution in [3.8, 4) is 0 Å². The molecule has 1 aromatic rings. The van der Waals surface area contributed by atoms with Crippen LogP contribution in [0.25, 0.3) is 0 Å². The van der Waals surface area contributed by atoms with Gasteiger partial charge < -0.3 is 4.74 Å². The van der Waals surface area contributed by atoms with Gasteiger partial charge in [-0.3, -0.25) is 6.58 Å². The minimum Gasteiger partial charge on any atom is -0.497 e. The molecule has 0 heterocycles. The largest absolute Gasteiger partial charge is 1.00 e. The minimum atomic E-state index is 0. The summed E-state index contributed by atoms with van der Waals surface area (Å²) < 4.78 is 5.28. The number of hydrogen-bond acceptors (Lipinski definition) is 1. The first-order valence-corrected chi connectivity index (χ1v) is 4.46. The summed E-state index contributed by atoms with van der Waals surface area (Å²) in [5.74, 6) is 0. The molecule has 72 valence electrons. The SMILES string of the molecule is [CH-]=C/C=C/C=C/OCc1ccccc1.[Li+]. The fraction of sp³-hybridized carbons (Fsp3) is 0.0769. The molecule has 0 aliphatic rings. The van der Waals surface area contributed by atoms with E-state index in [1.165, 1.54) is 6.08 Å². The zero-order valence-corrected chi connectivity index (χ0v) is 8.97. The number of benzene rings is 1. The zero-order chi connectivity index (χ0) is 10.1. The molecule has 0 saturated heterocycles. The van der Waals surface area contributed by atoms with Crippen molar-refractivity contribution in [3.05, 3.63) is 73.0 Å². The Hall–Kier alpha value is -1.16. The van der Waals surface area contributed by atoms with Gasteiger partial charge in [0.15, 0.2) is 0 Å². The van der Waals surface area contributed by atoms with Gasteiger partial charge in [-0.05, 0) is 11.6 Å². The van der Waals surface area contributed by atoms with Gasteiger partial charge in [-0.1, -0.05) is 30.3 Å². The van der Waals surface area contributed by atoms with Crippen molar-refractivity contribution in [2.24, 2.45) is 0 Å². The summed E-state index contributed by atoms with van der Waals surface area (Å²) >= 11 is 0. The van der Waals surface area contributed by atoms with Gasteiger partial charge in [-0.2, -0.15) is 0 Å². The molecule has 1 aromatic carbocycles. The van der Waals surface area contributed by atoms with E-state index in [9.17, 15) is 0 Å². The molecule has 0 unspecified atom stereocenters. The van der Waals surface area contributed by atoms with E-state index in [0.29, 0.717) is 6.61 Å². The van der Waals surface area contributed by atoms with Crippen molar-refractivity contribution in [1.82, 2.24) is 0 Å². The number of ether oxygens (including phenoxy) is 1. The molecule has 1 nitrogen and oxygen atoms in total. The summed E-state index contributed by atoms with van der Waals surface area (Å²) in [7, 11) is 0. The average molecular weight is 192 g/mol. The quantitative estimate of drug-likeness (QED) is 0.281. The van der Waals surface area contributed by atoms with E-state index in [4.69, 9.17) is 11.3 Å². The molecule has 0 bridgehead atoms. The van der Waals surface area contributed by atoms with Crippen molar-refractivity contribution in [1.29, 1.82) is 0 Å². The number of rotatable bonds is 5. The molecular formula is C13H13LiO. The molecule has 0 amide bonds. The molecule has 0 aliphatic heterocycles. The van der Waals surface area contributed by atoms with Crippen LogP contribution in [0.2, 0.25) is 0 Å². The van der Waals surface area contributed by atoms with E-state index in [0.717, 1.165) is 5.56 Å². The second kappa shape index (κ2) is 9.39. The van der Waals surface area contributed by atoms with Gasteiger partial charge in [0.1, 0.15) is 6.61 Å². The molecule has 0 atom stereocenters. The first kappa shape index (κ1) is 13.8. The van der Waals surface area contributed by atoms with E-state index in [1.54, 1.807) is 18.4 Å². The molecule has 1 rings (SSSR count). The third kappa shape index (κ3) is 6.85. The van der Waals surface area contributed by atoms with Crippen LogP contribution in [0.3, 0.4) is 0 Å². The molecular weight excluding hydrogens is 179 g/mol. The van der Waals surface area contributed by atoms with Crippen LogP contribution < -0.4 is 18.9 Å². The van der Waals surface area contributed by atoms with Crippen LogP contribution in [0.1, 0.15) is 5.56 Å². The Morgan fingerprint density at radius 2 is 1.80 bits per heavy atom. The van der Waals surface area contributed by atoms with Gasteiger partial charge in [0, 0.05) is 0 Å². The summed E-state index contributed by atoms with van der Waals surface area (Å²) in [5.41, 5.74) is 1.16. The van der Waals surface area contributed by atoms with E-state index in [2.05, 4.69) is 0 Å². The van der Waals surface area contributed by atoms with Crippen LogP contribution >= 0.6 is 0 Å². The van der Waals surface area contributed by atoms with Gasteiger partial charge in [0.25, 0.3) is 0 Å². The maximum atomic E-state index is 5.28. The fourth-order valence-electron chi connectivity index (χ4n) is 0.948. The number of hydrogen-bond donors (Lipinski definition) is 0. The summed E-state index contributed by atoms with van der Waals surface area (Å²) in [5, 5.41) is 0. The topological polar surface area (TPSA) is 9.23 Å². The average Bonchev–Trinajstić information content (AvgIpc) is 2.25. The Balaban J connectivity index is 0.00000196. The van der Waals surface area contributed by atoms with Crippen molar-refractivity contribution in [2.45, 2.75) is 6.61 Å². The second-order valence-corrected chi connectivity index (χ2v) is 2.70. The van der Waals surface area contributed by atoms with E-state index >= 15 is 0 Å². The summed E-state index contributed by atoms with van der Waals surface area (Å²) in [6.45, 7) is 5.74. The predicted octanol–water partition coefficient (Wildman–Crippen LogP) is 0.266. The van der Waals surface area contributed by atoms with Crippen LogP contribution in [-0.2, 0) is 11.3 Å². The van der Waals surface area contributed by atoms with E-state index in [1.807, 2.05) is 36.4 Å². The second-order valence-electron chi connectivity index (χ2n) is 2.70. The maximum absolute atomic E-state index is 5.28. The molecule has 0 aliphatic carbocycles. The smallest absolute Gasteiger partial charge is 0.497 e. The maximum Gasteiger partial charge on any atom is 1.00 e. The van der Waals surface area contributed by atoms with Gasteiger partial charge in [-0.25, -0.2) is 12.2 Å². The van der Waals surface area contributed by atoms with Crippen molar-refractivity contribution in [3.63, 3.8) is 0 Å². The molecule has 0 spiro atoms. The number of allylic oxidation sites excluding steroid dienone is 4. The fourth-order valence-corrected chi connectivity index (χ4v) is 0.948. The third-order valence-electron chi connectivity index (χ3n) is 1.60. The van der Waals surface area contributed by atoms with Crippen LogP contribution in [0.4, 0.5) is 0 Å². The Bertz CT molecular complexity index is 315. The standard InChI is InChI=1S/C13H13O.Li/c1-2-3-4-8-11-14-12-13-9-6-5-7-10-13;/h1-11H,12H2;/q-1;+1/b4-3+,11-8+;. The van der Waals surface area contributed by atoms with Crippen molar-refractivity contribution >= 4 is 0 Å². The third-order valence-corrected chi connectivity index (χ3v) is 1.60. The van der Waals surface area contributed by atoms with Gasteiger partial charge in [-0.15, -0.1) is 6.08 Å². The Morgan fingerprint density at radius 3 is 2.47 bits per heavy atom. The normalized spacial score (nSPS) is 10.1. The predicted molar refractivity (Wildman–Crippen MR) is 58.4 cm³/mol. The molecule has 0 N–H and O–H groups in total. The molecule has 0 saturated carbocycles. The summed E-state index contributed by atoms with van der Waals surface area (Å²) in [4.78, 5) is 0. The molecule has 0 aromatic heterocycles. The van der Waals surface area contributed by atoms with Gasteiger partial charge in [0.05, 0.1) is 6.26 Å². The van der Waals surface area contributed by atoms with E-state index in [-0.39, 0.29) is 18.9 Å². The molecule has 15 heavy (non-hydrogen) atoms. The minimum absolute atomic E-state index is 0. The van der Waals surface area contributed by atoms with E-state index < -0.39 is 0 Å². The van der Waals surface area contributed by atoms with Crippen LogP contribution in [-0.4, -0.2) is 0 Å². The zero-order valence-electron chi connectivity index (χ0n) is 8.97.